The van der Waals surface area contributed by atoms with Gasteiger partial charge in [-0.05, 0) is 48.7 Å². The van der Waals surface area contributed by atoms with Gasteiger partial charge in [0.2, 0.25) is 11.9 Å². The van der Waals surface area contributed by atoms with Crippen molar-refractivity contribution in [3.8, 4) is 0 Å². The number of carbonyl (C=O) groups is 2. The molecule has 1 N–H and O–H groups in total. The molecule has 2 aliphatic rings. The third-order valence-corrected chi connectivity index (χ3v) is 7.60. The Morgan fingerprint density at radius 1 is 1.18 bits per heavy atom. The Morgan fingerprint density at radius 2 is 1.94 bits per heavy atom. The number of fused-ring (bicyclic) bond motifs is 2. The number of carbonyl (C=O) groups excluding carboxylic acids is 2. The first-order chi connectivity index (χ1) is 16.3. The fourth-order valence-electron chi connectivity index (χ4n) is 4.29. The number of rotatable bonds is 3. The predicted molar refractivity (Wildman–Crippen MR) is 135 cm³/mol. The van der Waals surface area contributed by atoms with Gasteiger partial charge < -0.3 is 10.2 Å². The molecule has 2 amide bonds. The Kier molecular flexibility index (Phi) is 6.14. The van der Waals surface area contributed by atoms with Crippen molar-refractivity contribution in [2.45, 2.75) is 37.9 Å². The molecule has 174 valence electrons. The quantitative estimate of drug-likeness (QED) is 0.463. The van der Waals surface area contributed by atoms with Crippen molar-refractivity contribution < 1.29 is 9.59 Å². The van der Waals surface area contributed by atoms with Gasteiger partial charge in [-0.1, -0.05) is 47.1 Å². The second kappa shape index (κ2) is 9.09. The summed E-state index contributed by atoms with van der Waals surface area (Å²) < 4.78 is 0. The lowest BCUT2D eigenvalue weighted by molar-refractivity contribution is -0.131. The zero-order valence-corrected chi connectivity index (χ0v) is 20.8. The van der Waals surface area contributed by atoms with Gasteiger partial charge in [0.25, 0.3) is 5.91 Å². The van der Waals surface area contributed by atoms with Crippen LogP contribution in [0.4, 0.5) is 17.3 Å². The normalized spacial score (nSPS) is 17.3. The third-order valence-electron chi connectivity index (χ3n) is 6.02. The van der Waals surface area contributed by atoms with E-state index in [0.717, 1.165) is 17.7 Å². The van der Waals surface area contributed by atoms with E-state index >= 15 is 0 Å². The molecule has 0 fully saturated rings. The average Bonchev–Trinajstić information content (AvgIpc) is 2.80. The van der Waals surface area contributed by atoms with Crippen LogP contribution in [0.2, 0.25) is 10.0 Å². The van der Waals surface area contributed by atoms with E-state index in [1.165, 1.54) is 23.5 Å². The Balaban J connectivity index is 1.37. The van der Waals surface area contributed by atoms with Gasteiger partial charge in [-0.2, -0.15) is 0 Å². The Morgan fingerprint density at radius 3 is 2.68 bits per heavy atom. The lowest BCUT2D eigenvalue weighted by Gasteiger charge is -2.34. The largest absolute Gasteiger partial charge is 0.336 e. The predicted octanol–water partition coefficient (Wildman–Crippen LogP) is 5.53. The number of benzene rings is 2. The van der Waals surface area contributed by atoms with Gasteiger partial charge in [0, 0.05) is 31.4 Å². The van der Waals surface area contributed by atoms with Crippen molar-refractivity contribution >= 4 is 64.1 Å². The smallest absolute Gasteiger partial charge is 0.263 e. The molecular weight excluding hydrogens is 493 g/mol. The highest BCUT2D eigenvalue weighted by Crippen LogP contribution is 2.39. The summed E-state index contributed by atoms with van der Waals surface area (Å²) in [4.78, 5) is 37.4. The van der Waals surface area contributed by atoms with Crippen LogP contribution in [0.3, 0.4) is 0 Å². The van der Waals surface area contributed by atoms with Crippen LogP contribution >= 0.6 is 35.0 Å². The van der Waals surface area contributed by atoms with Crippen molar-refractivity contribution in [1.29, 1.82) is 0 Å². The van der Waals surface area contributed by atoms with Crippen LogP contribution in [-0.2, 0) is 17.8 Å². The molecule has 5 rings (SSSR count). The first kappa shape index (κ1) is 23.0. The van der Waals surface area contributed by atoms with E-state index < -0.39 is 0 Å². The minimum Gasteiger partial charge on any atom is -0.336 e. The minimum absolute atomic E-state index is 0.0725. The molecule has 1 unspecified atom stereocenters. The molecule has 2 aromatic carbocycles. The number of nitrogens with one attached hydrogen (secondary N) is 1. The van der Waals surface area contributed by atoms with Gasteiger partial charge in [-0.3, -0.25) is 14.5 Å². The third kappa shape index (κ3) is 4.21. The molecule has 3 heterocycles. The minimum atomic E-state index is -0.248. The fraction of sp³-hybridized carbons (Fsp3) is 0.250. The number of nitrogens with zero attached hydrogens (tertiary/aromatic N) is 4. The zero-order valence-electron chi connectivity index (χ0n) is 18.5. The molecule has 1 aromatic heterocycles. The second-order valence-corrected chi connectivity index (χ2v) is 10.0. The maximum absolute atomic E-state index is 13.1. The first-order valence-electron chi connectivity index (χ1n) is 10.7. The molecular formula is C24H21Cl2N5O2S. The summed E-state index contributed by atoms with van der Waals surface area (Å²) in [6.45, 7) is 4.25. The van der Waals surface area contributed by atoms with Gasteiger partial charge in [0.05, 0.1) is 27.2 Å². The molecule has 10 heteroatoms. The van der Waals surface area contributed by atoms with E-state index in [1.807, 2.05) is 17.0 Å². The molecule has 0 saturated heterocycles. The van der Waals surface area contributed by atoms with Crippen LogP contribution in [0.5, 0.6) is 0 Å². The highest BCUT2D eigenvalue weighted by molar-refractivity contribution is 7.99. The fourth-order valence-corrected chi connectivity index (χ4v) is 5.84. The lowest BCUT2D eigenvalue weighted by atomic mass is 9.94. The molecule has 0 saturated carbocycles. The number of para-hydroxylation sites is 1. The van der Waals surface area contributed by atoms with E-state index in [9.17, 15) is 9.59 Å². The van der Waals surface area contributed by atoms with Crippen molar-refractivity contribution in [2.75, 3.05) is 16.1 Å². The van der Waals surface area contributed by atoms with Crippen molar-refractivity contribution in [2.24, 2.45) is 0 Å². The topological polar surface area (TPSA) is 78.4 Å². The van der Waals surface area contributed by atoms with Gasteiger partial charge in [0.1, 0.15) is 5.03 Å². The zero-order chi connectivity index (χ0) is 24.0. The monoisotopic (exact) mass is 513 g/mol. The number of anilines is 3. The SMILES string of the molecule is CC(=O)N1Cc2cc(Nc3ncc4c(n3)SCN(c3c(Cl)cccc3Cl)C4=O)ccc2CC1C. The van der Waals surface area contributed by atoms with Crippen LogP contribution < -0.4 is 10.2 Å². The van der Waals surface area contributed by atoms with Crippen LogP contribution in [0, 0.1) is 0 Å². The first-order valence-corrected chi connectivity index (χ1v) is 12.5. The van der Waals surface area contributed by atoms with Crippen LogP contribution in [0.15, 0.2) is 47.6 Å². The van der Waals surface area contributed by atoms with Gasteiger partial charge in [-0.25, -0.2) is 9.97 Å². The van der Waals surface area contributed by atoms with E-state index in [0.29, 0.717) is 44.7 Å². The van der Waals surface area contributed by atoms with E-state index in [2.05, 4.69) is 28.3 Å². The maximum Gasteiger partial charge on any atom is 0.263 e. The summed E-state index contributed by atoms with van der Waals surface area (Å²) in [5.74, 6) is 0.561. The number of hydrogen-bond acceptors (Lipinski definition) is 6. The van der Waals surface area contributed by atoms with Crippen LogP contribution in [0.1, 0.15) is 35.3 Å². The van der Waals surface area contributed by atoms with E-state index in [1.54, 1.807) is 30.0 Å². The summed E-state index contributed by atoms with van der Waals surface area (Å²) in [6.07, 6.45) is 2.35. The summed E-state index contributed by atoms with van der Waals surface area (Å²) >= 11 is 14.0. The van der Waals surface area contributed by atoms with Gasteiger partial charge >= 0.3 is 0 Å². The highest BCUT2D eigenvalue weighted by Gasteiger charge is 2.30. The molecule has 1 atom stereocenters. The summed E-state index contributed by atoms with van der Waals surface area (Å²) in [5.41, 5.74) is 4.05. The summed E-state index contributed by atoms with van der Waals surface area (Å²) in [5, 5.41) is 4.65. The Bertz CT molecular complexity index is 1300. The number of hydrogen-bond donors (Lipinski definition) is 1. The molecule has 3 aromatic rings. The molecule has 34 heavy (non-hydrogen) atoms. The van der Waals surface area contributed by atoms with Gasteiger partial charge in [0.15, 0.2) is 0 Å². The van der Waals surface area contributed by atoms with Gasteiger partial charge in [-0.15, -0.1) is 0 Å². The maximum atomic E-state index is 13.1. The Hall–Kier alpha value is -2.81. The number of thioether (sulfide) groups is 1. The van der Waals surface area contributed by atoms with Crippen molar-refractivity contribution in [1.82, 2.24) is 14.9 Å². The standard InChI is InChI=1S/C24H21Cl2N5O2S/c1-13-8-15-6-7-17(9-16(15)11-30(13)14(2)32)28-24-27-10-18-22(29-24)34-12-31(23(18)33)21-19(25)4-3-5-20(21)26/h3-7,9-10,13H,8,11-12H2,1-2H3,(H,27,28,29). The number of aromatic nitrogens is 2. The van der Waals surface area contributed by atoms with Crippen LogP contribution in [0.25, 0.3) is 0 Å². The van der Waals surface area contributed by atoms with Crippen molar-refractivity contribution in [3.63, 3.8) is 0 Å². The number of amides is 2. The highest BCUT2D eigenvalue weighted by atomic mass is 35.5. The molecule has 2 aliphatic heterocycles. The second-order valence-electron chi connectivity index (χ2n) is 8.30. The summed E-state index contributed by atoms with van der Waals surface area (Å²) in [7, 11) is 0. The lowest BCUT2D eigenvalue weighted by Crippen LogP contribution is -2.41. The van der Waals surface area contributed by atoms with E-state index in [4.69, 9.17) is 23.2 Å². The molecule has 0 radical (unpaired) electrons. The van der Waals surface area contributed by atoms with E-state index in [-0.39, 0.29) is 17.9 Å². The summed E-state index contributed by atoms with van der Waals surface area (Å²) in [6, 6.07) is 11.4. The molecule has 0 aliphatic carbocycles. The molecule has 7 nitrogen and oxygen atoms in total. The van der Waals surface area contributed by atoms with Crippen LogP contribution in [-0.4, -0.2) is 38.6 Å². The average molecular weight is 514 g/mol. The van der Waals surface area contributed by atoms with Crippen molar-refractivity contribution in [3.05, 3.63) is 69.3 Å². The number of halogens is 2. The Labute approximate surface area is 211 Å². The molecule has 0 spiro atoms. The molecule has 0 bridgehead atoms.